The third-order valence-corrected chi connectivity index (χ3v) is 8.14. The minimum Gasteiger partial charge on any atom is -0.385 e. The van der Waals surface area contributed by atoms with E-state index < -0.39 is 23.4 Å². The van der Waals surface area contributed by atoms with Gasteiger partial charge < -0.3 is 15.3 Å². The fraction of sp³-hybridized carbons (Fsp3) is 0.333. The van der Waals surface area contributed by atoms with Gasteiger partial charge in [0.05, 0.1) is 5.60 Å². The molecular formula is C30H30FN5O4. The van der Waals surface area contributed by atoms with E-state index in [0.29, 0.717) is 50.0 Å². The molecule has 0 radical (unpaired) electrons. The number of nitrogens with one attached hydrogen (secondary N) is 2. The summed E-state index contributed by atoms with van der Waals surface area (Å²) in [6.07, 6.45) is 3.01. The fourth-order valence-corrected chi connectivity index (χ4v) is 5.83. The van der Waals surface area contributed by atoms with Crippen molar-refractivity contribution in [1.29, 1.82) is 0 Å². The van der Waals surface area contributed by atoms with E-state index >= 15 is 4.39 Å². The van der Waals surface area contributed by atoms with Crippen molar-refractivity contribution < 1.29 is 23.9 Å². The van der Waals surface area contributed by atoms with Crippen LogP contribution in [0.1, 0.15) is 52.7 Å². The molecule has 9 nitrogen and oxygen atoms in total. The van der Waals surface area contributed by atoms with Gasteiger partial charge in [0.1, 0.15) is 6.04 Å². The van der Waals surface area contributed by atoms with Crippen LogP contribution in [-0.4, -0.2) is 56.7 Å². The number of hydrogen-bond donors (Lipinski definition) is 3. The highest BCUT2D eigenvalue weighted by molar-refractivity contribution is 6.05. The summed E-state index contributed by atoms with van der Waals surface area (Å²) in [6.45, 7) is 1.79. The van der Waals surface area contributed by atoms with Crippen LogP contribution >= 0.6 is 0 Å². The zero-order valence-electron chi connectivity index (χ0n) is 21.9. The minimum atomic E-state index is -1.08. The first kappa shape index (κ1) is 26.1. The number of imide groups is 1. The van der Waals surface area contributed by atoms with Gasteiger partial charge in [-0.1, -0.05) is 30.3 Å². The van der Waals surface area contributed by atoms with Crippen molar-refractivity contribution in [2.75, 3.05) is 18.4 Å². The number of aliphatic hydroxyl groups is 1. The number of carbonyl (C=O) groups is 3. The second kappa shape index (κ2) is 10.4. The number of benzene rings is 2. The first-order valence-corrected chi connectivity index (χ1v) is 13.5. The quantitative estimate of drug-likeness (QED) is 0.409. The number of hydrogen-bond acceptors (Lipinski definition) is 7. The van der Waals surface area contributed by atoms with Gasteiger partial charge in [0.25, 0.3) is 5.91 Å². The summed E-state index contributed by atoms with van der Waals surface area (Å²) in [7, 11) is 0. The van der Waals surface area contributed by atoms with Gasteiger partial charge in [-0.2, -0.15) is 0 Å². The summed E-state index contributed by atoms with van der Waals surface area (Å²) in [6, 6.07) is 15.7. The van der Waals surface area contributed by atoms with E-state index in [4.69, 9.17) is 0 Å². The molecule has 2 aromatic carbocycles. The van der Waals surface area contributed by atoms with E-state index in [0.717, 1.165) is 16.8 Å². The van der Waals surface area contributed by atoms with Crippen molar-refractivity contribution in [1.82, 2.24) is 20.1 Å². The van der Waals surface area contributed by atoms with Crippen molar-refractivity contribution in [2.45, 2.75) is 50.4 Å². The van der Waals surface area contributed by atoms with E-state index in [9.17, 15) is 19.5 Å². The van der Waals surface area contributed by atoms with Crippen molar-refractivity contribution in [2.24, 2.45) is 0 Å². The molecule has 3 aromatic rings. The first-order valence-electron chi connectivity index (χ1n) is 13.5. The number of anilines is 2. The Morgan fingerprint density at radius 3 is 2.60 bits per heavy atom. The van der Waals surface area contributed by atoms with E-state index in [-0.39, 0.29) is 30.6 Å². The highest BCUT2D eigenvalue weighted by atomic mass is 19.1. The van der Waals surface area contributed by atoms with Gasteiger partial charge in [-0.25, -0.2) is 9.37 Å². The SMILES string of the molecule is O=C1CCC(N2Cc3cc(C4(O)CCN(Cc5ccnc(Nc6ccccc6)c5F)CC4)ccc3C2=O)C(=O)N1. The van der Waals surface area contributed by atoms with Gasteiger partial charge in [-0.05, 0) is 54.7 Å². The first-order chi connectivity index (χ1) is 19.3. The van der Waals surface area contributed by atoms with Crippen LogP contribution in [0, 0.1) is 5.82 Å². The second-order valence-electron chi connectivity index (χ2n) is 10.7. The van der Waals surface area contributed by atoms with E-state index in [1.165, 1.54) is 4.90 Å². The number of fused-ring (bicyclic) bond motifs is 1. The number of pyridine rings is 1. The molecule has 2 saturated heterocycles. The van der Waals surface area contributed by atoms with Gasteiger partial charge in [0, 0.05) is 55.6 Å². The van der Waals surface area contributed by atoms with E-state index in [2.05, 4.69) is 20.5 Å². The smallest absolute Gasteiger partial charge is 0.255 e. The number of piperidine rings is 2. The van der Waals surface area contributed by atoms with Crippen LogP contribution < -0.4 is 10.6 Å². The normalized spacial score (nSPS) is 20.8. The molecule has 6 rings (SSSR count). The number of rotatable bonds is 6. The molecule has 206 valence electrons. The Morgan fingerprint density at radius 1 is 1.07 bits per heavy atom. The predicted molar refractivity (Wildman–Crippen MR) is 145 cm³/mol. The van der Waals surface area contributed by atoms with Crippen molar-refractivity contribution >= 4 is 29.2 Å². The maximum Gasteiger partial charge on any atom is 0.255 e. The largest absolute Gasteiger partial charge is 0.385 e. The Morgan fingerprint density at radius 2 is 1.85 bits per heavy atom. The van der Waals surface area contributed by atoms with Gasteiger partial charge in [0.2, 0.25) is 11.8 Å². The van der Waals surface area contributed by atoms with Crippen LogP contribution in [0.25, 0.3) is 0 Å². The molecule has 4 heterocycles. The monoisotopic (exact) mass is 543 g/mol. The molecule has 0 bridgehead atoms. The highest BCUT2D eigenvalue weighted by Crippen LogP contribution is 2.37. The zero-order valence-corrected chi connectivity index (χ0v) is 21.9. The van der Waals surface area contributed by atoms with Crippen LogP contribution in [0.2, 0.25) is 0 Å². The van der Waals surface area contributed by atoms with Gasteiger partial charge in [-0.3, -0.25) is 24.6 Å². The zero-order chi connectivity index (χ0) is 27.9. The molecule has 1 unspecified atom stereocenters. The van der Waals surface area contributed by atoms with Crippen LogP contribution in [0.5, 0.6) is 0 Å². The molecule has 0 saturated carbocycles. The molecule has 3 aliphatic heterocycles. The number of para-hydroxylation sites is 1. The molecule has 2 fully saturated rings. The molecule has 1 aromatic heterocycles. The summed E-state index contributed by atoms with van der Waals surface area (Å²) in [4.78, 5) is 44.6. The van der Waals surface area contributed by atoms with Crippen LogP contribution in [-0.2, 0) is 28.3 Å². The lowest BCUT2D eigenvalue weighted by Crippen LogP contribution is -2.52. The number of aromatic nitrogens is 1. The summed E-state index contributed by atoms with van der Waals surface area (Å²) in [5.74, 6) is -1.22. The van der Waals surface area contributed by atoms with Crippen LogP contribution in [0.4, 0.5) is 15.9 Å². The second-order valence-corrected chi connectivity index (χ2v) is 10.7. The standard InChI is InChI=1S/C30H30FN5O4/c31-26-19(10-13-32-27(26)33-22-4-2-1-3-5-22)17-35-14-11-30(40,12-15-35)21-6-7-23-20(16-21)18-36(29(23)39)24-8-9-25(37)34-28(24)38/h1-7,10,13,16,24,40H,8-9,11-12,14-15,17-18H2,(H,32,33)(H,34,37,38). The third-order valence-electron chi connectivity index (χ3n) is 8.14. The lowest BCUT2D eigenvalue weighted by molar-refractivity contribution is -0.136. The lowest BCUT2D eigenvalue weighted by Gasteiger charge is -2.38. The maximum atomic E-state index is 15.2. The molecule has 3 aliphatic rings. The summed E-state index contributed by atoms with van der Waals surface area (Å²) in [5.41, 5.74) is 2.22. The molecule has 0 aliphatic carbocycles. The molecule has 1 atom stereocenters. The Balaban J connectivity index is 1.11. The molecule has 3 amide bonds. The summed E-state index contributed by atoms with van der Waals surface area (Å²) >= 11 is 0. The number of carbonyl (C=O) groups excluding carboxylic acids is 3. The van der Waals surface area contributed by atoms with Crippen LogP contribution in [0.3, 0.4) is 0 Å². The van der Waals surface area contributed by atoms with Crippen molar-refractivity contribution in [3.05, 3.63) is 88.9 Å². The number of nitrogens with zero attached hydrogens (tertiary/aromatic N) is 3. The van der Waals surface area contributed by atoms with Crippen LogP contribution in [0.15, 0.2) is 60.8 Å². The van der Waals surface area contributed by atoms with E-state index in [1.54, 1.807) is 24.4 Å². The minimum absolute atomic E-state index is 0.177. The number of likely N-dealkylation sites (tertiary alicyclic amines) is 1. The molecule has 10 heteroatoms. The third kappa shape index (κ3) is 4.96. The van der Waals surface area contributed by atoms with Gasteiger partial charge in [-0.15, -0.1) is 0 Å². The molecule has 40 heavy (non-hydrogen) atoms. The van der Waals surface area contributed by atoms with Gasteiger partial charge in [0.15, 0.2) is 11.6 Å². The number of amides is 3. The fourth-order valence-electron chi connectivity index (χ4n) is 5.83. The maximum absolute atomic E-state index is 15.2. The molecular weight excluding hydrogens is 513 g/mol. The molecule has 0 spiro atoms. The van der Waals surface area contributed by atoms with E-state index in [1.807, 2.05) is 36.4 Å². The van der Waals surface area contributed by atoms with Crippen molar-refractivity contribution in [3.8, 4) is 0 Å². The Kier molecular flexibility index (Phi) is 6.81. The molecule has 3 N–H and O–H groups in total. The lowest BCUT2D eigenvalue weighted by atomic mass is 9.83. The summed E-state index contributed by atoms with van der Waals surface area (Å²) < 4.78 is 15.2. The summed E-state index contributed by atoms with van der Waals surface area (Å²) in [5, 5.41) is 16.9. The topological polar surface area (TPSA) is 115 Å². The Bertz CT molecular complexity index is 1470. The highest BCUT2D eigenvalue weighted by Gasteiger charge is 2.41. The van der Waals surface area contributed by atoms with Crippen molar-refractivity contribution in [3.63, 3.8) is 0 Å². The average Bonchev–Trinajstić information content (AvgIpc) is 3.28. The number of halogens is 1. The predicted octanol–water partition coefficient (Wildman–Crippen LogP) is 3.21. The van der Waals surface area contributed by atoms with Gasteiger partial charge >= 0.3 is 0 Å². The Labute approximate surface area is 231 Å². The Hall–Kier alpha value is -4.15. The average molecular weight is 544 g/mol.